The Kier molecular flexibility index (Phi) is 6.19. The van der Waals surface area contributed by atoms with Gasteiger partial charge in [-0.1, -0.05) is 12.1 Å². The second kappa shape index (κ2) is 8.57. The van der Waals surface area contributed by atoms with Crippen LogP contribution in [0.3, 0.4) is 0 Å². The summed E-state index contributed by atoms with van der Waals surface area (Å²) in [5.74, 6) is 0.234. The first-order valence-corrected chi connectivity index (χ1v) is 7.44. The van der Waals surface area contributed by atoms with E-state index in [4.69, 9.17) is 4.74 Å². The highest BCUT2D eigenvalue weighted by Crippen LogP contribution is 2.12. The van der Waals surface area contributed by atoms with E-state index in [0.29, 0.717) is 12.1 Å². The summed E-state index contributed by atoms with van der Waals surface area (Å²) in [7, 11) is 2.94. The van der Waals surface area contributed by atoms with Crippen molar-refractivity contribution in [3.05, 3.63) is 59.7 Å². The molecule has 24 heavy (non-hydrogen) atoms. The minimum Gasteiger partial charge on any atom is -0.497 e. The Morgan fingerprint density at radius 2 is 1.79 bits per heavy atom. The third-order valence-electron chi connectivity index (χ3n) is 3.38. The van der Waals surface area contributed by atoms with Crippen LogP contribution in [0.15, 0.2) is 48.5 Å². The summed E-state index contributed by atoms with van der Waals surface area (Å²) < 4.78 is 9.78. The number of hydrogen-bond donors (Lipinski definition) is 2. The Labute approximate surface area is 140 Å². The molecule has 0 fully saturated rings. The maximum atomic E-state index is 11.9. The summed E-state index contributed by atoms with van der Waals surface area (Å²) in [5, 5.41) is 5.83. The summed E-state index contributed by atoms with van der Waals surface area (Å²) in [5.41, 5.74) is 2.18. The van der Waals surface area contributed by atoms with Crippen LogP contribution >= 0.6 is 0 Å². The Hall–Kier alpha value is -3.02. The van der Waals surface area contributed by atoms with Crippen molar-refractivity contribution in [3.8, 4) is 5.75 Å². The van der Waals surface area contributed by atoms with E-state index in [9.17, 15) is 9.59 Å². The van der Waals surface area contributed by atoms with Gasteiger partial charge in [-0.25, -0.2) is 4.79 Å². The van der Waals surface area contributed by atoms with Crippen molar-refractivity contribution in [2.75, 3.05) is 26.1 Å². The molecule has 0 radical (unpaired) electrons. The van der Waals surface area contributed by atoms with Crippen LogP contribution in [0.4, 0.5) is 5.69 Å². The largest absolute Gasteiger partial charge is 0.497 e. The molecule has 6 nitrogen and oxygen atoms in total. The van der Waals surface area contributed by atoms with Gasteiger partial charge < -0.3 is 20.1 Å². The summed E-state index contributed by atoms with van der Waals surface area (Å²) in [6.07, 6.45) is 0. The monoisotopic (exact) mass is 328 g/mol. The van der Waals surface area contributed by atoms with Crippen molar-refractivity contribution in [2.45, 2.75) is 6.54 Å². The lowest BCUT2D eigenvalue weighted by molar-refractivity contribution is -0.119. The lowest BCUT2D eigenvalue weighted by Gasteiger charge is -2.09. The third kappa shape index (κ3) is 5.01. The van der Waals surface area contributed by atoms with Gasteiger partial charge in [0.2, 0.25) is 5.91 Å². The molecule has 0 bridgehead atoms. The molecule has 0 atom stereocenters. The van der Waals surface area contributed by atoms with E-state index in [1.807, 2.05) is 24.3 Å². The zero-order valence-electron chi connectivity index (χ0n) is 13.7. The number of nitrogens with one attached hydrogen (secondary N) is 2. The molecule has 0 aliphatic rings. The van der Waals surface area contributed by atoms with Crippen LogP contribution in [-0.4, -0.2) is 32.6 Å². The number of esters is 1. The predicted octanol–water partition coefficient (Wildman–Crippen LogP) is 2.21. The molecule has 2 rings (SSSR count). The quantitative estimate of drug-likeness (QED) is 0.762. The fraction of sp³-hybridized carbons (Fsp3) is 0.222. The minimum absolute atomic E-state index is 0.130. The number of ether oxygens (including phenoxy) is 2. The zero-order valence-corrected chi connectivity index (χ0v) is 13.7. The molecule has 6 heteroatoms. The van der Waals surface area contributed by atoms with Crippen LogP contribution in [0.2, 0.25) is 0 Å². The molecular formula is C18H20N2O4. The van der Waals surface area contributed by atoms with Gasteiger partial charge >= 0.3 is 5.97 Å². The highest BCUT2D eigenvalue weighted by molar-refractivity contribution is 5.89. The topological polar surface area (TPSA) is 76.7 Å². The molecule has 1 amide bonds. The molecule has 2 N–H and O–H groups in total. The average Bonchev–Trinajstić information content (AvgIpc) is 2.64. The fourth-order valence-corrected chi connectivity index (χ4v) is 2.07. The molecule has 2 aromatic carbocycles. The van der Waals surface area contributed by atoms with E-state index in [-0.39, 0.29) is 12.5 Å². The van der Waals surface area contributed by atoms with Crippen molar-refractivity contribution in [1.82, 2.24) is 5.32 Å². The molecule has 0 spiro atoms. The first-order chi connectivity index (χ1) is 11.6. The maximum Gasteiger partial charge on any atom is 0.337 e. The zero-order chi connectivity index (χ0) is 17.4. The van der Waals surface area contributed by atoms with Crippen LogP contribution in [-0.2, 0) is 16.1 Å². The van der Waals surface area contributed by atoms with Crippen LogP contribution in [0.5, 0.6) is 5.75 Å². The summed E-state index contributed by atoms with van der Waals surface area (Å²) in [6.45, 7) is 0.570. The number of rotatable bonds is 7. The van der Waals surface area contributed by atoms with Gasteiger partial charge in [-0.05, 0) is 42.0 Å². The lowest BCUT2D eigenvalue weighted by atomic mass is 10.2. The molecule has 0 aromatic heterocycles. The average molecular weight is 328 g/mol. The van der Waals surface area contributed by atoms with Gasteiger partial charge in [0.1, 0.15) is 5.75 Å². The van der Waals surface area contributed by atoms with Gasteiger partial charge in [0.15, 0.2) is 0 Å². The van der Waals surface area contributed by atoms with Gasteiger partial charge in [0.05, 0.1) is 26.3 Å². The first kappa shape index (κ1) is 17.3. The Morgan fingerprint density at radius 1 is 1.04 bits per heavy atom. The Bertz CT molecular complexity index is 698. The van der Waals surface area contributed by atoms with E-state index < -0.39 is 5.97 Å². The van der Waals surface area contributed by atoms with Gasteiger partial charge in [0, 0.05) is 12.2 Å². The van der Waals surface area contributed by atoms with E-state index in [2.05, 4.69) is 15.4 Å². The summed E-state index contributed by atoms with van der Waals surface area (Å²) >= 11 is 0. The first-order valence-electron chi connectivity index (χ1n) is 7.44. The number of methoxy groups -OCH3 is 2. The lowest BCUT2D eigenvalue weighted by Crippen LogP contribution is -2.29. The van der Waals surface area contributed by atoms with E-state index >= 15 is 0 Å². The number of amides is 1. The van der Waals surface area contributed by atoms with E-state index in [1.165, 1.54) is 7.11 Å². The third-order valence-corrected chi connectivity index (χ3v) is 3.38. The highest BCUT2D eigenvalue weighted by Gasteiger charge is 2.05. The van der Waals surface area contributed by atoms with Crippen molar-refractivity contribution in [2.24, 2.45) is 0 Å². The van der Waals surface area contributed by atoms with Crippen LogP contribution in [0.1, 0.15) is 15.9 Å². The van der Waals surface area contributed by atoms with Gasteiger partial charge in [-0.15, -0.1) is 0 Å². The number of benzene rings is 2. The molecule has 0 saturated heterocycles. The smallest absolute Gasteiger partial charge is 0.337 e. The maximum absolute atomic E-state index is 11.9. The Balaban J connectivity index is 1.79. The molecule has 0 aliphatic carbocycles. The number of anilines is 1. The molecule has 0 heterocycles. The second-order valence-electron chi connectivity index (χ2n) is 5.05. The normalized spacial score (nSPS) is 9.92. The fourth-order valence-electron chi connectivity index (χ4n) is 2.07. The van der Waals surface area contributed by atoms with Crippen molar-refractivity contribution < 1.29 is 19.1 Å². The SMILES string of the molecule is COC(=O)c1ccc(NCC(=O)NCc2cccc(OC)c2)cc1. The van der Waals surface area contributed by atoms with Crippen LogP contribution < -0.4 is 15.4 Å². The Morgan fingerprint density at radius 3 is 2.46 bits per heavy atom. The number of carbonyl (C=O) groups excluding carboxylic acids is 2. The molecule has 0 aliphatic heterocycles. The minimum atomic E-state index is -0.391. The summed E-state index contributed by atoms with van der Waals surface area (Å²) in [6, 6.07) is 14.3. The van der Waals surface area contributed by atoms with Crippen LogP contribution in [0.25, 0.3) is 0 Å². The van der Waals surface area contributed by atoms with E-state index in [0.717, 1.165) is 17.0 Å². The van der Waals surface area contributed by atoms with Gasteiger partial charge in [-0.2, -0.15) is 0 Å². The summed E-state index contributed by atoms with van der Waals surface area (Å²) in [4.78, 5) is 23.2. The van der Waals surface area contributed by atoms with Gasteiger partial charge in [-0.3, -0.25) is 4.79 Å². The van der Waals surface area contributed by atoms with Crippen molar-refractivity contribution in [1.29, 1.82) is 0 Å². The molecular weight excluding hydrogens is 308 g/mol. The molecule has 126 valence electrons. The molecule has 0 unspecified atom stereocenters. The van der Waals surface area contributed by atoms with Crippen molar-refractivity contribution in [3.63, 3.8) is 0 Å². The van der Waals surface area contributed by atoms with E-state index in [1.54, 1.807) is 31.4 Å². The standard InChI is InChI=1S/C18H20N2O4/c1-23-16-5-3-4-13(10-16)11-20-17(21)12-19-15-8-6-14(7-9-15)18(22)24-2/h3-10,19H,11-12H2,1-2H3,(H,20,21). The highest BCUT2D eigenvalue weighted by atomic mass is 16.5. The number of hydrogen-bond acceptors (Lipinski definition) is 5. The van der Waals surface area contributed by atoms with Crippen LogP contribution in [0, 0.1) is 0 Å². The number of carbonyl (C=O) groups is 2. The van der Waals surface area contributed by atoms with Gasteiger partial charge in [0.25, 0.3) is 0 Å². The molecule has 0 saturated carbocycles. The molecule has 2 aromatic rings. The predicted molar refractivity (Wildman–Crippen MR) is 91.1 cm³/mol. The van der Waals surface area contributed by atoms with Crippen molar-refractivity contribution >= 4 is 17.6 Å². The second-order valence-corrected chi connectivity index (χ2v) is 5.05.